The fraction of sp³-hybridized carbons (Fsp3) is 0.286. The summed E-state index contributed by atoms with van der Waals surface area (Å²) in [7, 11) is 0. The van der Waals surface area contributed by atoms with Crippen molar-refractivity contribution in [3.05, 3.63) is 59.2 Å². The molecule has 2 aromatic rings. The summed E-state index contributed by atoms with van der Waals surface area (Å²) in [5.74, 6) is -3.20. The quantitative estimate of drug-likeness (QED) is 0.661. The third kappa shape index (κ3) is 3.52. The average Bonchev–Trinajstić information content (AvgIpc) is 3.04. The van der Waals surface area contributed by atoms with E-state index < -0.39 is 29.0 Å². The minimum atomic E-state index is -2.30. The first-order chi connectivity index (χ1) is 14.3. The van der Waals surface area contributed by atoms with Gasteiger partial charge in [0.25, 0.3) is 11.8 Å². The predicted octanol–water partition coefficient (Wildman–Crippen LogP) is 1.63. The van der Waals surface area contributed by atoms with Gasteiger partial charge in [-0.1, -0.05) is 0 Å². The van der Waals surface area contributed by atoms with Gasteiger partial charge in [-0.2, -0.15) is 0 Å². The highest BCUT2D eigenvalue weighted by Gasteiger charge is 2.51. The van der Waals surface area contributed by atoms with Crippen LogP contribution in [-0.4, -0.2) is 35.0 Å². The Morgan fingerprint density at radius 3 is 2.77 bits per heavy atom. The first-order valence-corrected chi connectivity index (χ1v) is 9.47. The molecule has 30 heavy (non-hydrogen) atoms. The molecular formula is C21H19F2N3O4. The van der Waals surface area contributed by atoms with Crippen LogP contribution < -0.4 is 15.5 Å². The smallest absolute Gasteiger partial charge is 0.268 e. The fourth-order valence-electron chi connectivity index (χ4n) is 3.70. The maximum atomic E-state index is 13.7. The largest absolute Gasteiger partial charge is 0.372 e. The van der Waals surface area contributed by atoms with Crippen LogP contribution >= 0.6 is 0 Å². The van der Waals surface area contributed by atoms with Crippen LogP contribution in [0.5, 0.6) is 0 Å². The van der Waals surface area contributed by atoms with Crippen LogP contribution in [0, 0.1) is 11.6 Å². The van der Waals surface area contributed by atoms with Crippen LogP contribution in [0.4, 0.5) is 20.2 Å². The summed E-state index contributed by atoms with van der Waals surface area (Å²) in [5.41, 5.74) is -0.345. The van der Waals surface area contributed by atoms with Crippen molar-refractivity contribution in [1.29, 1.82) is 0 Å². The molecule has 7 nitrogen and oxygen atoms in total. The molecule has 1 unspecified atom stereocenters. The van der Waals surface area contributed by atoms with Gasteiger partial charge >= 0.3 is 0 Å². The normalized spacial score (nSPS) is 20.7. The summed E-state index contributed by atoms with van der Waals surface area (Å²) < 4.78 is 27.0. The fourth-order valence-corrected chi connectivity index (χ4v) is 3.70. The Bertz CT molecular complexity index is 1060. The van der Waals surface area contributed by atoms with Crippen LogP contribution in [0.25, 0.3) is 0 Å². The van der Waals surface area contributed by atoms with Crippen LogP contribution in [-0.2, 0) is 27.3 Å². The van der Waals surface area contributed by atoms with E-state index in [2.05, 4.69) is 10.6 Å². The van der Waals surface area contributed by atoms with Gasteiger partial charge < -0.3 is 20.6 Å². The molecule has 9 heteroatoms. The summed E-state index contributed by atoms with van der Waals surface area (Å²) in [6.07, 6.45) is 0.728. The second-order valence-corrected chi connectivity index (χ2v) is 7.38. The van der Waals surface area contributed by atoms with E-state index in [0.717, 1.165) is 23.8 Å². The van der Waals surface area contributed by atoms with Gasteiger partial charge in [0.2, 0.25) is 11.5 Å². The first kappa shape index (κ1) is 20.0. The number of carbonyl (C=O) groups is 3. The molecule has 2 heterocycles. The van der Waals surface area contributed by atoms with Gasteiger partial charge in [-0.15, -0.1) is 0 Å². The molecule has 4 rings (SSSR count). The highest BCUT2D eigenvalue weighted by Crippen LogP contribution is 2.32. The van der Waals surface area contributed by atoms with Crippen LogP contribution in [0.3, 0.4) is 0 Å². The molecule has 3 N–H and O–H groups in total. The van der Waals surface area contributed by atoms with Crippen molar-refractivity contribution in [2.75, 3.05) is 16.8 Å². The molecule has 0 radical (unpaired) electrons. The second-order valence-electron chi connectivity index (χ2n) is 7.38. The lowest BCUT2D eigenvalue weighted by molar-refractivity contribution is -0.149. The number of hydrogen-bond donors (Lipinski definition) is 3. The number of fused-ring (bicyclic) bond motifs is 1. The number of amides is 3. The van der Waals surface area contributed by atoms with Crippen LogP contribution in [0.15, 0.2) is 36.4 Å². The molecule has 0 aliphatic carbocycles. The monoisotopic (exact) mass is 415 g/mol. The lowest BCUT2D eigenvalue weighted by Crippen LogP contribution is -2.52. The topological polar surface area (TPSA) is 98.7 Å². The first-order valence-electron chi connectivity index (χ1n) is 9.47. The number of anilines is 2. The maximum absolute atomic E-state index is 13.7. The van der Waals surface area contributed by atoms with Gasteiger partial charge in [0.1, 0.15) is 11.6 Å². The molecule has 2 aromatic carbocycles. The van der Waals surface area contributed by atoms with Crippen molar-refractivity contribution in [1.82, 2.24) is 5.32 Å². The maximum Gasteiger partial charge on any atom is 0.268 e. The van der Waals surface area contributed by atoms with Crippen molar-refractivity contribution >= 4 is 29.1 Å². The zero-order valence-electron chi connectivity index (χ0n) is 15.9. The number of halogens is 2. The van der Waals surface area contributed by atoms with E-state index in [-0.39, 0.29) is 31.0 Å². The molecule has 156 valence electrons. The minimum absolute atomic E-state index is 0.0757. The third-order valence-corrected chi connectivity index (χ3v) is 5.41. The van der Waals surface area contributed by atoms with E-state index in [4.69, 9.17) is 0 Å². The Morgan fingerprint density at radius 2 is 1.97 bits per heavy atom. The molecule has 0 spiro atoms. The highest BCUT2D eigenvalue weighted by atomic mass is 19.1. The zero-order valence-corrected chi connectivity index (χ0v) is 15.9. The van der Waals surface area contributed by atoms with Gasteiger partial charge in [-0.3, -0.25) is 14.4 Å². The van der Waals surface area contributed by atoms with E-state index in [9.17, 15) is 28.3 Å². The van der Waals surface area contributed by atoms with Crippen LogP contribution in [0.2, 0.25) is 0 Å². The summed E-state index contributed by atoms with van der Waals surface area (Å²) >= 11 is 0. The van der Waals surface area contributed by atoms with Gasteiger partial charge in [0.15, 0.2) is 0 Å². The molecule has 2 aliphatic heterocycles. The van der Waals surface area contributed by atoms with Crippen molar-refractivity contribution in [2.45, 2.75) is 31.4 Å². The molecule has 1 atom stereocenters. The summed E-state index contributed by atoms with van der Waals surface area (Å²) in [5, 5.41) is 15.8. The van der Waals surface area contributed by atoms with Crippen LogP contribution in [0.1, 0.15) is 24.0 Å². The van der Waals surface area contributed by atoms with Crippen molar-refractivity contribution in [3.8, 4) is 0 Å². The van der Waals surface area contributed by atoms with E-state index in [1.807, 2.05) is 0 Å². The number of hydrogen-bond acceptors (Lipinski definition) is 4. The summed E-state index contributed by atoms with van der Waals surface area (Å²) in [6.45, 7) is -0.251. The number of aliphatic hydroxyl groups is 1. The van der Waals surface area contributed by atoms with E-state index in [1.165, 1.54) is 4.90 Å². The molecule has 1 fully saturated rings. The average molecular weight is 415 g/mol. The standard InChI is InChI=1S/C21H19F2N3O4/c22-14-2-4-16(23)13(9-14)11-24-19(28)21(30)7-8-26(20(21)29)15-3-5-17-12(10-15)1-6-18(27)25-17/h2-5,9-10,30H,1,6-8,11H2,(H,24,28)(H,25,27). The Labute approximate surface area is 170 Å². The Kier molecular flexibility index (Phi) is 4.98. The molecule has 1 saturated heterocycles. The molecular weight excluding hydrogens is 396 g/mol. The SMILES string of the molecule is O=C1CCc2cc(N3CCC(O)(C(=O)NCc4cc(F)ccc4F)C3=O)ccc2N1. The highest BCUT2D eigenvalue weighted by molar-refractivity contribution is 6.16. The van der Waals surface area contributed by atoms with Gasteiger partial charge in [0, 0.05) is 42.9 Å². The van der Waals surface area contributed by atoms with Gasteiger partial charge in [-0.25, -0.2) is 8.78 Å². The molecule has 3 amide bonds. The van der Waals surface area contributed by atoms with E-state index in [1.54, 1.807) is 18.2 Å². The Hall–Kier alpha value is -3.33. The van der Waals surface area contributed by atoms with Gasteiger partial charge in [0.05, 0.1) is 0 Å². The molecule has 0 saturated carbocycles. The number of benzene rings is 2. The van der Waals surface area contributed by atoms with Crippen molar-refractivity contribution < 1.29 is 28.3 Å². The van der Waals surface area contributed by atoms with Crippen molar-refractivity contribution in [3.63, 3.8) is 0 Å². The van der Waals surface area contributed by atoms with E-state index in [0.29, 0.717) is 24.2 Å². The van der Waals surface area contributed by atoms with Gasteiger partial charge in [-0.05, 0) is 48.4 Å². The molecule has 2 aliphatic rings. The third-order valence-electron chi connectivity index (χ3n) is 5.41. The lowest BCUT2D eigenvalue weighted by Gasteiger charge is -2.24. The number of aryl methyl sites for hydroxylation is 1. The lowest BCUT2D eigenvalue weighted by atomic mass is 10.0. The number of nitrogens with one attached hydrogen (secondary N) is 2. The molecule has 0 bridgehead atoms. The zero-order chi connectivity index (χ0) is 21.5. The minimum Gasteiger partial charge on any atom is -0.372 e. The summed E-state index contributed by atoms with van der Waals surface area (Å²) in [6, 6.07) is 7.89. The number of carbonyl (C=O) groups excluding carboxylic acids is 3. The van der Waals surface area contributed by atoms with E-state index >= 15 is 0 Å². The second kappa shape index (κ2) is 7.49. The predicted molar refractivity (Wildman–Crippen MR) is 104 cm³/mol. The molecule has 0 aromatic heterocycles. The Balaban J connectivity index is 1.48. The van der Waals surface area contributed by atoms with Crippen molar-refractivity contribution in [2.24, 2.45) is 0 Å². The summed E-state index contributed by atoms with van der Waals surface area (Å²) in [4.78, 5) is 38.1. The number of rotatable bonds is 4. The number of nitrogens with zero attached hydrogens (tertiary/aromatic N) is 1. The Morgan fingerprint density at radius 1 is 1.17 bits per heavy atom.